The highest BCUT2D eigenvalue weighted by atomic mass is 15.0. The Kier molecular flexibility index (Phi) is 8.62. The van der Waals surface area contributed by atoms with Gasteiger partial charge >= 0.3 is 0 Å². The van der Waals surface area contributed by atoms with Crippen molar-refractivity contribution in [1.82, 2.24) is 9.13 Å². The zero-order chi connectivity index (χ0) is 42.5. The summed E-state index contributed by atoms with van der Waals surface area (Å²) in [5.74, 6) is 0. The molecule has 2 aromatic heterocycles. The van der Waals surface area contributed by atoms with E-state index in [0.717, 1.165) is 65.9 Å². The second-order valence-electron chi connectivity index (χ2n) is 14.8. The van der Waals surface area contributed by atoms with Crippen molar-refractivity contribution in [3.05, 3.63) is 191 Å². The highest BCUT2D eigenvalue weighted by Gasteiger charge is 2.25. The van der Waals surface area contributed by atoms with E-state index < -0.39 is 0 Å². The van der Waals surface area contributed by atoms with Gasteiger partial charge in [0.25, 0.3) is 0 Å². The SMILES string of the molecule is N#Cc1cccc(-c2ccc(-n3c4ccccc4c4ccc(-c5ccc(C#N)cc5C#N)cc43)c(C#N)c2-n2c3ccccc3c3ccc(-c4ccc(C#N)cc4C#N)cc32)c1. The van der Waals surface area contributed by atoms with Crippen LogP contribution in [0.2, 0.25) is 0 Å². The predicted molar refractivity (Wildman–Crippen MR) is 240 cm³/mol. The van der Waals surface area contributed by atoms with Crippen LogP contribution in [0.1, 0.15) is 33.4 Å². The van der Waals surface area contributed by atoms with E-state index in [1.54, 1.807) is 42.5 Å². The molecule has 282 valence electrons. The molecule has 0 atom stereocenters. The molecule has 0 radical (unpaired) electrons. The van der Waals surface area contributed by atoms with E-state index in [0.29, 0.717) is 55.9 Å². The van der Waals surface area contributed by atoms with Gasteiger partial charge in [-0.2, -0.15) is 31.6 Å². The van der Waals surface area contributed by atoms with Gasteiger partial charge in [-0.3, -0.25) is 0 Å². The van der Waals surface area contributed by atoms with Crippen LogP contribution in [0.5, 0.6) is 0 Å². The Labute approximate surface area is 355 Å². The first-order chi connectivity index (χ1) is 30.5. The number of fused-ring (bicyclic) bond motifs is 6. The number of nitriles is 6. The average molecular weight is 787 g/mol. The number of rotatable bonds is 5. The lowest BCUT2D eigenvalue weighted by Crippen LogP contribution is -2.06. The molecule has 0 amide bonds. The van der Waals surface area contributed by atoms with E-state index in [4.69, 9.17) is 0 Å². The van der Waals surface area contributed by atoms with Gasteiger partial charge in [0.2, 0.25) is 0 Å². The molecule has 0 saturated carbocycles. The zero-order valence-corrected chi connectivity index (χ0v) is 32.6. The smallest absolute Gasteiger partial charge is 0.104 e. The summed E-state index contributed by atoms with van der Waals surface area (Å²) in [5, 5.41) is 64.9. The molecule has 62 heavy (non-hydrogen) atoms. The van der Waals surface area contributed by atoms with Gasteiger partial charge in [-0.05, 0) is 94.5 Å². The highest BCUT2D eigenvalue weighted by molar-refractivity contribution is 6.13. The van der Waals surface area contributed by atoms with Gasteiger partial charge in [0, 0.05) is 27.1 Å². The van der Waals surface area contributed by atoms with E-state index in [9.17, 15) is 31.6 Å². The van der Waals surface area contributed by atoms with Crippen LogP contribution in [0.4, 0.5) is 0 Å². The minimum atomic E-state index is 0.369. The third-order valence-corrected chi connectivity index (χ3v) is 11.5. The lowest BCUT2D eigenvalue weighted by atomic mass is 9.96. The van der Waals surface area contributed by atoms with Crippen LogP contribution in [0.3, 0.4) is 0 Å². The first kappa shape index (κ1) is 36.6. The summed E-state index contributed by atoms with van der Waals surface area (Å²) in [6.45, 7) is 0. The Bertz CT molecular complexity index is 3840. The number of aromatic nitrogens is 2. The largest absolute Gasteiger partial charge is 0.308 e. The van der Waals surface area contributed by atoms with Crippen LogP contribution in [0.25, 0.3) is 88.4 Å². The van der Waals surface area contributed by atoms with Crippen molar-refractivity contribution < 1.29 is 0 Å². The summed E-state index contributed by atoms with van der Waals surface area (Å²) in [5.41, 5.74) is 11.3. The van der Waals surface area contributed by atoms with Gasteiger partial charge in [-0.25, -0.2) is 0 Å². The van der Waals surface area contributed by atoms with Gasteiger partial charge in [0.05, 0.1) is 91.6 Å². The van der Waals surface area contributed by atoms with Crippen LogP contribution in [-0.4, -0.2) is 9.13 Å². The maximum atomic E-state index is 11.6. The summed E-state index contributed by atoms with van der Waals surface area (Å²) in [6.07, 6.45) is 0. The number of hydrogen-bond acceptors (Lipinski definition) is 6. The van der Waals surface area contributed by atoms with Crippen LogP contribution in [0, 0.1) is 68.0 Å². The van der Waals surface area contributed by atoms with Gasteiger partial charge in [0.1, 0.15) is 11.6 Å². The molecular formula is C54H26N8. The molecule has 0 fully saturated rings. The Morgan fingerprint density at radius 1 is 0.323 bits per heavy atom. The quantitative estimate of drug-likeness (QED) is 0.169. The number of para-hydroxylation sites is 2. The van der Waals surface area contributed by atoms with E-state index in [1.165, 1.54) is 0 Å². The normalized spacial score (nSPS) is 10.8. The van der Waals surface area contributed by atoms with Crippen LogP contribution < -0.4 is 0 Å². The van der Waals surface area contributed by atoms with Crippen molar-refractivity contribution in [3.8, 4) is 81.2 Å². The summed E-state index contributed by atoms with van der Waals surface area (Å²) < 4.78 is 4.20. The maximum absolute atomic E-state index is 11.6. The Hall–Kier alpha value is -9.70. The molecule has 8 nitrogen and oxygen atoms in total. The molecule has 2 heterocycles. The molecule has 0 aliphatic rings. The highest BCUT2D eigenvalue weighted by Crippen LogP contribution is 2.43. The molecular weight excluding hydrogens is 761 g/mol. The molecule has 10 aromatic rings. The monoisotopic (exact) mass is 786 g/mol. The van der Waals surface area contributed by atoms with E-state index >= 15 is 0 Å². The molecule has 0 aliphatic carbocycles. The Morgan fingerprint density at radius 2 is 0.806 bits per heavy atom. The van der Waals surface area contributed by atoms with Crippen LogP contribution in [-0.2, 0) is 0 Å². The van der Waals surface area contributed by atoms with Crippen molar-refractivity contribution in [3.63, 3.8) is 0 Å². The van der Waals surface area contributed by atoms with Crippen molar-refractivity contribution in [2.24, 2.45) is 0 Å². The maximum Gasteiger partial charge on any atom is 0.104 e. The minimum absolute atomic E-state index is 0.369. The standard InChI is InChI=1S/C54H26N8/c55-27-33-6-5-7-36(22-33)43-20-21-51(61-49-10-3-1-8-44(49)46-18-14-37(25-52(46)61)41-16-12-34(28-56)23-39(41)30-58)48(32-60)54(43)62-50-11-4-2-9-45(50)47-19-15-38(26-53(47)62)42-17-13-35(29-57)24-40(42)31-59/h1-26H. The van der Waals surface area contributed by atoms with Crippen molar-refractivity contribution in [1.29, 1.82) is 31.6 Å². The molecule has 0 bridgehead atoms. The third kappa shape index (κ3) is 5.63. The molecule has 10 rings (SSSR count). The van der Waals surface area contributed by atoms with E-state index in [2.05, 4.69) is 57.7 Å². The van der Waals surface area contributed by atoms with Crippen molar-refractivity contribution >= 4 is 43.6 Å². The minimum Gasteiger partial charge on any atom is -0.308 e. The summed E-state index contributed by atoms with van der Waals surface area (Å²) >= 11 is 0. The lowest BCUT2D eigenvalue weighted by molar-refractivity contribution is 1.12. The van der Waals surface area contributed by atoms with E-state index in [-0.39, 0.29) is 0 Å². The van der Waals surface area contributed by atoms with Crippen LogP contribution >= 0.6 is 0 Å². The molecule has 8 aromatic carbocycles. The first-order valence-corrected chi connectivity index (χ1v) is 19.5. The van der Waals surface area contributed by atoms with Gasteiger partial charge in [0.15, 0.2) is 0 Å². The van der Waals surface area contributed by atoms with Crippen molar-refractivity contribution in [2.75, 3.05) is 0 Å². The molecule has 0 N–H and O–H groups in total. The topological polar surface area (TPSA) is 153 Å². The van der Waals surface area contributed by atoms with Crippen molar-refractivity contribution in [2.45, 2.75) is 0 Å². The molecule has 0 spiro atoms. The molecule has 8 heteroatoms. The Balaban J connectivity index is 1.33. The fourth-order valence-electron chi connectivity index (χ4n) is 8.79. The number of hydrogen-bond donors (Lipinski definition) is 0. The van der Waals surface area contributed by atoms with Gasteiger partial charge in [-0.15, -0.1) is 0 Å². The molecule has 0 aliphatic heterocycles. The van der Waals surface area contributed by atoms with Crippen LogP contribution in [0.15, 0.2) is 158 Å². The first-order valence-electron chi connectivity index (χ1n) is 19.5. The third-order valence-electron chi connectivity index (χ3n) is 11.5. The number of nitrogens with zero attached hydrogens (tertiary/aromatic N) is 8. The Morgan fingerprint density at radius 3 is 1.35 bits per heavy atom. The molecule has 0 saturated heterocycles. The predicted octanol–water partition coefficient (Wildman–Crippen LogP) is 12.1. The second kappa shape index (κ2) is 14.6. The zero-order valence-electron chi connectivity index (χ0n) is 32.6. The molecule has 0 unspecified atom stereocenters. The van der Waals surface area contributed by atoms with E-state index in [1.807, 2.05) is 103 Å². The van der Waals surface area contributed by atoms with Gasteiger partial charge in [-0.1, -0.05) is 91.0 Å². The average Bonchev–Trinajstić information content (AvgIpc) is 3.84. The number of benzene rings is 8. The summed E-state index contributed by atoms with van der Waals surface area (Å²) in [7, 11) is 0. The fraction of sp³-hybridized carbons (Fsp3) is 0. The fourth-order valence-corrected chi connectivity index (χ4v) is 8.79. The second-order valence-corrected chi connectivity index (χ2v) is 14.8. The van der Waals surface area contributed by atoms with Gasteiger partial charge < -0.3 is 9.13 Å². The summed E-state index contributed by atoms with van der Waals surface area (Å²) in [4.78, 5) is 0. The lowest BCUT2D eigenvalue weighted by Gasteiger charge is -2.20. The summed E-state index contributed by atoms with van der Waals surface area (Å²) in [6, 6.07) is 63.3.